The molecule has 43 heavy (non-hydrogen) atoms. The summed E-state index contributed by atoms with van der Waals surface area (Å²) in [5.74, 6) is -3.27. The number of ether oxygens (including phenoxy) is 1. The summed E-state index contributed by atoms with van der Waals surface area (Å²) in [6.45, 7) is -0.594. The summed E-state index contributed by atoms with van der Waals surface area (Å²) in [6.07, 6.45) is 0. The number of amides is 1. The number of thiophene rings is 1. The van der Waals surface area contributed by atoms with E-state index in [0.717, 1.165) is 20.9 Å². The maximum absolute atomic E-state index is 13.4. The molecule has 5 rings (SSSR count). The summed E-state index contributed by atoms with van der Waals surface area (Å²) in [5.41, 5.74) is 12.6. The quantitative estimate of drug-likeness (QED) is 0.0833. The number of rotatable bonds is 9. The molecule has 2 aromatic heterocycles. The van der Waals surface area contributed by atoms with Crippen LogP contribution in [0.2, 0.25) is 0 Å². The summed E-state index contributed by atoms with van der Waals surface area (Å²) in [4.78, 5) is 58.5. The maximum atomic E-state index is 13.4. The molecule has 0 fully saturated rings. The van der Waals surface area contributed by atoms with E-state index >= 15 is 0 Å². The van der Waals surface area contributed by atoms with Gasteiger partial charge in [-0.05, 0) is 77.7 Å². The van der Waals surface area contributed by atoms with Crippen LogP contribution in [0.1, 0.15) is 36.1 Å². The molecule has 0 unspecified atom stereocenters. The van der Waals surface area contributed by atoms with Crippen LogP contribution < -0.4 is 16.2 Å². The molecular formula is C30H23N5O7S. The lowest BCUT2D eigenvalue weighted by atomic mass is 10.1. The number of fused-ring (bicyclic) bond motifs is 2. The Labute approximate surface area is 247 Å². The van der Waals surface area contributed by atoms with Crippen molar-refractivity contribution in [3.8, 4) is 5.75 Å². The van der Waals surface area contributed by atoms with Crippen molar-refractivity contribution in [2.75, 3.05) is 6.54 Å². The normalized spacial score (nSPS) is 10.8. The van der Waals surface area contributed by atoms with Gasteiger partial charge in [0.25, 0.3) is 5.91 Å². The average molecular weight is 598 g/mol. The highest BCUT2D eigenvalue weighted by Gasteiger charge is 2.21. The summed E-state index contributed by atoms with van der Waals surface area (Å²) in [6, 6.07) is 20.7. The van der Waals surface area contributed by atoms with E-state index in [4.69, 9.17) is 16.2 Å². The van der Waals surface area contributed by atoms with Crippen LogP contribution in [0.3, 0.4) is 0 Å². The molecule has 0 radical (unpaired) electrons. The summed E-state index contributed by atoms with van der Waals surface area (Å²) in [7, 11) is 0. The predicted molar refractivity (Wildman–Crippen MR) is 160 cm³/mol. The maximum Gasteiger partial charge on any atom is 0.345 e. The molecule has 0 saturated carbocycles. The monoisotopic (exact) mass is 597 g/mol. The Balaban J connectivity index is 1.33. The largest absolute Gasteiger partial charge is 0.480 e. The number of nitrogens with zero attached hydrogens (tertiary/aromatic N) is 3. The number of guanidine groups is 1. The van der Waals surface area contributed by atoms with Crippen molar-refractivity contribution in [2.45, 2.75) is 6.54 Å². The van der Waals surface area contributed by atoms with Gasteiger partial charge in [0.2, 0.25) is 0 Å². The van der Waals surface area contributed by atoms with Crippen molar-refractivity contribution in [2.24, 2.45) is 16.5 Å². The number of carbonyl (C=O) groups is 4. The number of aromatic nitrogens is 1. The van der Waals surface area contributed by atoms with Gasteiger partial charge in [-0.1, -0.05) is 12.1 Å². The number of hydrogen-bond acceptors (Lipinski definition) is 8. The fourth-order valence-corrected chi connectivity index (χ4v) is 5.20. The van der Waals surface area contributed by atoms with Crippen LogP contribution in [0, 0.1) is 0 Å². The molecule has 0 aliphatic carbocycles. The number of hydrogen-bond donors (Lipinski definition) is 4. The lowest BCUT2D eigenvalue weighted by Crippen LogP contribution is -2.35. The minimum atomic E-state index is -1.20. The summed E-state index contributed by atoms with van der Waals surface area (Å²) < 4.78 is 6.24. The van der Waals surface area contributed by atoms with Crippen molar-refractivity contribution < 1.29 is 34.1 Å². The van der Waals surface area contributed by atoms with Crippen LogP contribution in [0.5, 0.6) is 5.75 Å². The Morgan fingerprint density at radius 2 is 1.65 bits per heavy atom. The number of esters is 1. The number of aliphatic carboxylic acids is 1. The molecular weight excluding hydrogens is 574 g/mol. The highest BCUT2D eigenvalue weighted by Crippen LogP contribution is 2.27. The van der Waals surface area contributed by atoms with Gasteiger partial charge in [-0.2, -0.15) is 0 Å². The number of carboxylic acids is 2. The second kappa shape index (κ2) is 12.0. The van der Waals surface area contributed by atoms with Crippen LogP contribution >= 0.6 is 11.3 Å². The number of pyridine rings is 1. The van der Waals surface area contributed by atoms with E-state index in [0.29, 0.717) is 27.5 Å². The topological polar surface area (TPSA) is 198 Å². The molecule has 13 heteroatoms. The van der Waals surface area contributed by atoms with Crippen LogP contribution in [0.15, 0.2) is 83.9 Å². The highest BCUT2D eigenvalue weighted by molar-refractivity contribution is 7.20. The van der Waals surface area contributed by atoms with E-state index in [1.165, 1.54) is 30.3 Å². The van der Waals surface area contributed by atoms with Gasteiger partial charge in [0, 0.05) is 16.6 Å². The first-order valence-electron chi connectivity index (χ1n) is 12.7. The van der Waals surface area contributed by atoms with E-state index in [1.807, 2.05) is 0 Å². The Hall–Kier alpha value is -5.82. The summed E-state index contributed by atoms with van der Waals surface area (Å²) >= 11 is 1.13. The molecule has 0 saturated heterocycles. The van der Waals surface area contributed by atoms with Crippen LogP contribution in [0.4, 0.5) is 5.69 Å². The Bertz CT molecular complexity index is 1930. The molecule has 0 spiro atoms. The molecule has 2 heterocycles. The Morgan fingerprint density at radius 1 is 0.884 bits per heavy atom. The van der Waals surface area contributed by atoms with E-state index in [2.05, 4.69) is 9.98 Å². The molecule has 3 aromatic carbocycles. The number of benzene rings is 3. The molecule has 0 bridgehead atoms. The second-order valence-corrected chi connectivity index (χ2v) is 10.5. The van der Waals surface area contributed by atoms with Crippen molar-refractivity contribution in [1.29, 1.82) is 0 Å². The highest BCUT2D eigenvalue weighted by atomic mass is 32.1. The van der Waals surface area contributed by atoms with Gasteiger partial charge in [0.15, 0.2) is 5.96 Å². The lowest BCUT2D eigenvalue weighted by molar-refractivity contribution is -0.137. The van der Waals surface area contributed by atoms with E-state index < -0.39 is 30.4 Å². The third-order valence-corrected chi connectivity index (χ3v) is 7.33. The van der Waals surface area contributed by atoms with Crippen molar-refractivity contribution >= 4 is 67.8 Å². The SMILES string of the molecule is NC(N)=Nc1ccc(C(=O)Oc2ccc3nc(C(=O)N(CC(=O)O)Cc4ccc5sc(C(=O)O)cc5c4)ccc3c2)cc1. The molecule has 0 aliphatic rings. The first kappa shape index (κ1) is 28.7. The van der Waals surface area contributed by atoms with Crippen molar-refractivity contribution in [3.05, 3.63) is 101 Å². The zero-order valence-electron chi connectivity index (χ0n) is 22.3. The third-order valence-electron chi connectivity index (χ3n) is 6.23. The van der Waals surface area contributed by atoms with Gasteiger partial charge in [0.1, 0.15) is 22.9 Å². The number of carboxylic acid groups (broad SMARTS) is 2. The second-order valence-electron chi connectivity index (χ2n) is 9.37. The molecule has 1 amide bonds. The van der Waals surface area contributed by atoms with Crippen LogP contribution in [-0.4, -0.2) is 56.4 Å². The smallest absolute Gasteiger partial charge is 0.345 e. The minimum Gasteiger partial charge on any atom is -0.480 e. The first-order valence-corrected chi connectivity index (χ1v) is 13.5. The third kappa shape index (κ3) is 6.74. The first-order chi connectivity index (χ1) is 20.5. The van der Waals surface area contributed by atoms with Gasteiger partial charge in [-0.3, -0.25) is 9.59 Å². The van der Waals surface area contributed by atoms with Crippen LogP contribution in [-0.2, 0) is 11.3 Å². The van der Waals surface area contributed by atoms with Gasteiger partial charge in [-0.25, -0.2) is 19.6 Å². The lowest BCUT2D eigenvalue weighted by Gasteiger charge is -2.21. The zero-order chi connectivity index (χ0) is 30.7. The molecule has 6 N–H and O–H groups in total. The van der Waals surface area contributed by atoms with E-state index in [-0.39, 0.29) is 34.4 Å². The number of carbonyl (C=O) groups excluding carboxylic acids is 2. The van der Waals surface area contributed by atoms with E-state index in [9.17, 15) is 29.4 Å². The predicted octanol–water partition coefficient (Wildman–Crippen LogP) is 4.00. The standard InChI is InChI=1S/C30H23N5O7S/c31-30(32)33-20-5-2-17(3-6-20)29(41)42-21-7-9-22-18(12-21)4-8-23(34-22)27(38)35(15-26(36)37)14-16-1-10-24-19(11-16)13-25(43-24)28(39)40/h1-13H,14-15H2,(H,36,37)(H,39,40)(H4,31,32,33). The van der Waals surface area contributed by atoms with Gasteiger partial charge >= 0.3 is 17.9 Å². The number of aliphatic imine (C=N–C) groups is 1. The molecule has 12 nitrogen and oxygen atoms in total. The fraction of sp³-hybridized carbons (Fsp3) is 0.0667. The number of nitrogens with two attached hydrogens (primary N) is 2. The van der Waals surface area contributed by atoms with Crippen molar-refractivity contribution in [3.63, 3.8) is 0 Å². The van der Waals surface area contributed by atoms with Crippen molar-refractivity contribution in [1.82, 2.24) is 9.88 Å². The van der Waals surface area contributed by atoms with Gasteiger partial charge in [-0.15, -0.1) is 11.3 Å². The summed E-state index contributed by atoms with van der Waals surface area (Å²) in [5, 5.41) is 20.0. The minimum absolute atomic E-state index is 0.0269. The average Bonchev–Trinajstić information content (AvgIpc) is 3.40. The Kier molecular flexibility index (Phi) is 7.98. The zero-order valence-corrected chi connectivity index (χ0v) is 23.1. The molecule has 0 atom stereocenters. The Morgan fingerprint density at radius 3 is 2.35 bits per heavy atom. The van der Waals surface area contributed by atoms with Crippen LogP contribution in [0.25, 0.3) is 21.0 Å². The van der Waals surface area contributed by atoms with Gasteiger partial charge < -0.3 is 31.3 Å². The molecule has 0 aliphatic heterocycles. The molecule has 216 valence electrons. The van der Waals surface area contributed by atoms with E-state index in [1.54, 1.807) is 48.5 Å². The molecule has 5 aromatic rings. The number of aromatic carboxylic acids is 1. The fourth-order valence-electron chi connectivity index (χ4n) is 4.32. The van der Waals surface area contributed by atoms with Gasteiger partial charge in [0.05, 0.1) is 16.8 Å².